The molecular weight excluding hydrogens is 340 g/mol. The molecule has 0 saturated carbocycles. The van der Waals surface area contributed by atoms with Crippen LogP contribution in [0.25, 0.3) is 5.57 Å². The van der Waals surface area contributed by atoms with Crippen LogP contribution < -0.4 is 4.74 Å². The molecule has 0 aliphatic heterocycles. The third kappa shape index (κ3) is 4.86. The number of carbonyl (C=O) groups is 1. The number of benzene rings is 2. The van der Waals surface area contributed by atoms with Crippen molar-refractivity contribution >= 4 is 11.5 Å². The average molecular weight is 366 g/mol. The zero-order valence-electron chi connectivity index (χ0n) is 16.3. The Labute approximate surface area is 160 Å². The van der Waals surface area contributed by atoms with E-state index in [-0.39, 0.29) is 6.61 Å². The summed E-state index contributed by atoms with van der Waals surface area (Å²) in [4.78, 5) is 12.8. The van der Waals surface area contributed by atoms with Crippen molar-refractivity contribution in [3.8, 4) is 5.75 Å². The fourth-order valence-electron chi connectivity index (χ4n) is 2.82. The normalized spacial score (nSPS) is 12.4. The summed E-state index contributed by atoms with van der Waals surface area (Å²) in [5, 5.41) is 9.87. The number of allylic oxidation sites excluding steroid dienone is 1. The van der Waals surface area contributed by atoms with Gasteiger partial charge in [0.15, 0.2) is 0 Å². The molecule has 0 aromatic heterocycles. The van der Waals surface area contributed by atoms with E-state index in [1.54, 1.807) is 20.1 Å². The second-order valence-electron chi connectivity index (χ2n) is 6.40. The maximum Gasteiger partial charge on any atom is 0.339 e. The minimum atomic E-state index is -0.883. The van der Waals surface area contributed by atoms with E-state index >= 15 is 0 Å². The first-order chi connectivity index (χ1) is 12.9. The van der Waals surface area contributed by atoms with Gasteiger partial charge in [0.25, 0.3) is 0 Å². The fraction of sp³-hybridized carbons (Fsp3) is 0.261. The van der Waals surface area contributed by atoms with Crippen molar-refractivity contribution in [1.82, 2.24) is 0 Å². The van der Waals surface area contributed by atoms with Crippen molar-refractivity contribution in [1.29, 1.82) is 0 Å². The highest BCUT2D eigenvalue weighted by molar-refractivity contribution is 5.99. The van der Waals surface area contributed by atoms with Crippen molar-refractivity contribution in [3.63, 3.8) is 0 Å². The Balaban J connectivity index is 2.51. The fourth-order valence-corrected chi connectivity index (χ4v) is 2.82. The first kappa shape index (κ1) is 20.5. The molecule has 4 heteroatoms. The number of aliphatic hydroxyl groups excluding tert-OH is 1. The summed E-state index contributed by atoms with van der Waals surface area (Å²) in [7, 11) is 1.59. The molecule has 1 atom stereocenters. The predicted molar refractivity (Wildman–Crippen MR) is 108 cm³/mol. The molecule has 142 valence electrons. The van der Waals surface area contributed by atoms with E-state index in [1.165, 1.54) is 0 Å². The van der Waals surface area contributed by atoms with E-state index < -0.39 is 12.1 Å². The van der Waals surface area contributed by atoms with Crippen LogP contribution in [0.15, 0.2) is 60.7 Å². The summed E-state index contributed by atoms with van der Waals surface area (Å²) in [6.07, 6.45) is 1.08. The van der Waals surface area contributed by atoms with Gasteiger partial charge in [-0.25, -0.2) is 4.79 Å². The van der Waals surface area contributed by atoms with Gasteiger partial charge in [0.05, 0.1) is 12.7 Å². The molecule has 0 aliphatic rings. The van der Waals surface area contributed by atoms with Crippen LogP contribution >= 0.6 is 0 Å². The molecule has 1 unspecified atom stereocenters. The van der Waals surface area contributed by atoms with Crippen LogP contribution in [-0.4, -0.2) is 30.9 Å². The molecular formula is C23H26O4. The van der Waals surface area contributed by atoms with Crippen LogP contribution in [0.1, 0.15) is 40.9 Å². The van der Waals surface area contributed by atoms with Gasteiger partial charge in [-0.2, -0.15) is 0 Å². The number of hydrogen-bond acceptors (Lipinski definition) is 4. The first-order valence-corrected chi connectivity index (χ1v) is 8.80. The molecule has 1 N–H and O–H groups in total. The van der Waals surface area contributed by atoms with E-state index in [2.05, 4.69) is 6.58 Å². The number of rotatable bonds is 7. The summed E-state index contributed by atoms with van der Waals surface area (Å²) in [6.45, 7) is 9.01. The second kappa shape index (κ2) is 9.19. The maximum atomic E-state index is 12.8. The monoisotopic (exact) mass is 366 g/mol. The zero-order chi connectivity index (χ0) is 20.0. The molecule has 2 aromatic carbocycles. The summed E-state index contributed by atoms with van der Waals surface area (Å²) in [5.41, 5.74) is 4.38. The van der Waals surface area contributed by atoms with E-state index in [9.17, 15) is 9.90 Å². The van der Waals surface area contributed by atoms with Crippen molar-refractivity contribution in [3.05, 3.63) is 82.9 Å². The smallest absolute Gasteiger partial charge is 0.339 e. The number of aliphatic hydroxyl groups is 1. The molecule has 27 heavy (non-hydrogen) atoms. The largest absolute Gasteiger partial charge is 0.497 e. The van der Waals surface area contributed by atoms with Gasteiger partial charge >= 0.3 is 5.97 Å². The van der Waals surface area contributed by atoms with Crippen LogP contribution in [0.4, 0.5) is 0 Å². The Hall–Kier alpha value is -2.85. The van der Waals surface area contributed by atoms with Crippen molar-refractivity contribution in [2.24, 2.45) is 0 Å². The molecule has 0 amide bonds. The van der Waals surface area contributed by atoms with Crippen molar-refractivity contribution in [2.75, 3.05) is 13.7 Å². The molecule has 2 aromatic rings. The Morgan fingerprint density at radius 3 is 2.48 bits per heavy atom. The zero-order valence-corrected chi connectivity index (χ0v) is 16.3. The van der Waals surface area contributed by atoms with Crippen LogP contribution in [0.5, 0.6) is 5.75 Å². The first-order valence-electron chi connectivity index (χ1n) is 8.80. The molecule has 0 aliphatic carbocycles. The highest BCUT2D eigenvalue weighted by Gasteiger charge is 2.21. The number of ether oxygens (including phenoxy) is 2. The number of esters is 1. The van der Waals surface area contributed by atoms with Crippen LogP contribution in [0.2, 0.25) is 0 Å². The molecule has 0 saturated heterocycles. The molecule has 0 heterocycles. The van der Waals surface area contributed by atoms with E-state index in [1.807, 2.05) is 56.3 Å². The third-order valence-electron chi connectivity index (χ3n) is 4.35. The number of methoxy groups -OCH3 is 1. The highest BCUT2D eigenvalue weighted by atomic mass is 16.5. The van der Waals surface area contributed by atoms with Gasteiger partial charge in [0.2, 0.25) is 0 Å². The van der Waals surface area contributed by atoms with Crippen LogP contribution in [-0.2, 0) is 4.74 Å². The lowest BCUT2D eigenvalue weighted by Crippen LogP contribution is -2.20. The van der Waals surface area contributed by atoms with Gasteiger partial charge in [-0.3, -0.25) is 0 Å². The highest BCUT2D eigenvalue weighted by Crippen LogP contribution is 2.32. The molecule has 0 fully saturated rings. The van der Waals surface area contributed by atoms with Gasteiger partial charge in [0, 0.05) is 5.56 Å². The minimum Gasteiger partial charge on any atom is -0.497 e. The van der Waals surface area contributed by atoms with Gasteiger partial charge in [-0.1, -0.05) is 43.0 Å². The Morgan fingerprint density at radius 1 is 1.26 bits per heavy atom. The lowest BCUT2D eigenvalue weighted by Gasteiger charge is -2.18. The van der Waals surface area contributed by atoms with Gasteiger partial charge in [0.1, 0.15) is 18.5 Å². The maximum absolute atomic E-state index is 12.8. The Kier molecular flexibility index (Phi) is 6.97. The van der Waals surface area contributed by atoms with Crippen molar-refractivity contribution in [2.45, 2.75) is 26.9 Å². The van der Waals surface area contributed by atoms with Crippen LogP contribution in [0, 0.1) is 6.92 Å². The van der Waals surface area contributed by atoms with Crippen LogP contribution in [0.3, 0.4) is 0 Å². The molecule has 2 rings (SSSR count). The predicted octanol–water partition coefficient (Wildman–Crippen LogP) is 4.55. The quantitative estimate of drug-likeness (QED) is 0.577. The molecule has 0 bridgehead atoms. The number of aryl methyl sites for hydroxylation is 1. The third-order valence-corrected chi connectivity index (χ3v) is 4.35. The molecule has 0 spiro atoms. The van der Waals surface area contributed by atoms with E-state index in [0.717, 1.165) is 22.3 Å². The summed E-state index contributed by atoms with van der Waals surface area (Å²) >= 11 is 0. The minimum absolute atomic E-state index is 0.129. The summed E-state index contributed by atoms with van der Waals surface area (Å²) in [6, 6.07) is 13.5. The van der Waals surface area contributed by atoms with E-state index in [4.69, 9.17) is 9.47 Å². The Bertz CT molecular complexity index is 850. The second-order valence-corrected chi connectivity index (χ2v) is 6.40. The molecule has 0 radical (unpaired) electrons. The average Bonchev–Trinajstić information content (AvgIpc) is 2.66. The number of hydrogen-bond donors (Lipinski definition) is 1. The van der Waals surface area contributed by atoms with Gasteiger partial charge in [-0.05, 0) is 55.2 Å². The van der Waals surface area contributed by atoms with E-state index in [0.29, 0.717) is 16.9 Å². The van der Waals surface area contributed by atoms with Gasteiger partial charge in [-0.15, -0.1) is 0 Å². The standard InChI is InChI=1S/C23H26O4/c1-6-19(17-10-8-7-9-11-17)20-13-18(26-5)12-16(4)22(20)23(25)27-14-21(24)15(2)3/h6-13,21,24H,2,14H2,1,3-5H3/b19-6+. The van der Waals surface area contributed by atoms with Crippen molar-refractivity contribution < 1.29 is 19.4 Å². The molecule has 4 nitrogen and oxygen atoms in total. The number of carbonyl (C=O) groups excluding carboxylic acids is 1. The lowest BCUT2D eigenvalue weighted by molar-refractivity contribution is 0.0327. The topological polar surface area (TPSA) is 55.8 Å². The summed E-state index contributed by atoms with van der Waals surface area (Å²) in [5.74, 6) is 0.178. The Morgan fingerprint density at radius 2 is 1.93 bits per heavy atom. The van der Waals surface area contributed by atoms with Gasteiger partial charge < -0.3 is 14.6 Å². The summed E-state index contributed by atoms with van der Waals surface area (Å²) < 4.78 is 10.8. The SMILES string of the molecule is C=C(C)C(O)COC(=O)c1c(C)cc(OC)cc1/C(=C/C)c1ccccc1. The lowest BCUT2D eigenvalue weighted by atomic mass is 9.91.